The molecule has 1 aliphatic heterocycles. The fraction of sp³-hybridized carbons (Fsp3) is 0.364. The third kappa shape index (κ3) is 3.19. The number of hydrogen-bond donors (Lipinski definition) is 1. The second kappa shape index (κ2) is 7.54. The quantitative estimate of drug-likeness (QED) is 0.617. The van der Waals surface area contributed by atoms with E-state index < -0.39 is 5.54 Å². The molecule has 2 aliphatic rings. The van der Waals surface area contributed by atoms with Gasteiger partial charge in [-0.3, -0.25) is 9.69 Å². The van der Waals surface area contributed by atoms with Crippen molar-refractivity contribution < 1.29 is 19.1 Å². The van der Waals surface area contributed by atoms with Gasteiger partial charge in [0.25, 0.3) is 5.91 Å². The molecular formula is C22H24N2O4. The van der Waals surface area contributed by atoms with E-state index in [1.807, 2.05) is 48.5 Å². The maximum Gasteiger partial charge on any atom is 0.325 e. The molecule has 2 aromatic carbocycles. The Hall–Kier alpha value is -3.02. The van der Waals surface area contributed by atoms with Gasteiger partial charge in [-0.15, -0.1) is 0 Å². The number of benzene rings is 2. The molecule has 6 heteroatoms. The lowest BCUT2D eigenvalue weighted by Crippen LogP contribution is -2.46. The van der Waals surface area contributed by atoms with Crippen LogP contribution in [-0.4, -0.2) is 37.1 Å². The molecule has 146 valence electrons. The summed E-state index contributed by atoms with van der Waals surface area (Å²) in [6.45, 7) is 0.762. The fourth-order valence-electron chi connectivity index (χ4n) is 4.10. The first kappa shape index (κ1) is 18.3. The fourth-order valence-corrected chi connectivity index (χ4v) is 4.10. The van der Waals surface area contributed by atoms with Crippen LogP contribution >= 0.6 is 0 Å². The molecule has 28 heavy (non-hydrogen) atoms. The third-order valence-electron chi connectivity index (χ3n) is 5.50. The van der Waals surface area contributed by atoms with Gasteiger partial charge >= 0.3 is 6.03 Å². The number of imide groups is 1. The number of fused-ring (bicyclic) bond motifs is 2. The van der Waals surface area contributed by atoms with Crippen molar-refractivity contribution in [2.75, 3.05) is 20.3 Å². The number of aryl methyl sites for hydroxylation is 1. The van der Waals surface area contributed by atoms with Gasteiger partial charge in [0.2, 0.25) is 0 Å². The summed E-state index contributed by atoms with van der Waals surface area (Å²) in [5, 5.41) is 2.98. The third-order valence-corrected chi connectivity index (χ3v) is 5.50. The summed E-state index contributed by atoms with van der Waals surface area (Å²) in [5.41, 5.74) is 1.19. The Kier molecular flexibility index (Phi) is 4.94. The van der Waals surface area contributed by atoms with Crippen molar-refractivity contribution in [3.8, 4) is 11.5 Å². The molecule has 4 rings (SSSR count). The lowest BCUT2D eigenvalue weighted by molar-refractivity contribution is -0.132. The summed E-state index contributed by atoms with van der Waals surface area (Å²) < 4.78 is 10.8. The lowest BCUT2D eigenvalue weighted by atomic mass is 9.76. The summed E-state index contributed by atoms with van der Waals surface area (Å²) in [7, 11) is 1.62. The lowest BCUT2D eigenvalue weighted by Gasteiger charge is -2.33. The molecule has 0 unspecified atom stereocenters. The highest BCUT2D eigenvalue weighted by molar-refractivity contribution is 6.07. The highest BCUT2D eigenvalue weighted by atomic mass is 16.5. The number of carbonyl (C=O) groups is 2. The largest absolute Gasteiger partial charge is 0.497 e. The van der Waals surface area contributed by atoms with Crippen molar-refractivity contribution in [2.24, 2.45) is 0 Å². The molecule has 0 saturated carbocycles. The Balaban J connectivity index is 1.38. The zero-order valence-electron chi connectivity index (χ0n) is 15.9. The molecule has 3 amide bonds. The maximum atomic E-state index is 13.2. The molecular weight excluding hydrogens is 356 g/mol. The Morgan fingerprint density at radius 1 is 1.07 bits per heavy atom. The average Bonchev–Trinajstić information content (AvgIpc) is 2.96. The first-order valence-electron chi connectivity index (χ1n) is 9.63. The number of ether oxygens (including phenoxy) is 2. The van der Waals surface area contributed by atoms with Crippen molar-refractivity contribution in [2.45, 2.75) is 31.2 Å². The standard InChI is InChI=1S/C22H24N2O4/c1-27-17-9-11-18(12-10-17)28-15-5-14-24-20(25)22(23-21(24)26)13-4-7-16-6-2-3-8-19(16)22/h2-3,6,8-12H,4-5,7,13-15H2,1H3,(H,23,26)/t22-/m1/s1. The van der Waals surface area contributed by atoms with Gasteiger partial charge in [-0.1, -0.05) is 24.3 Å². The Labute approximate surface area is 164 Å². The highest BCUT2D eigenvalue weighted by Crippen LogP contribution is 2.39. The molecule has 1 atom stereocenters. The molecule has 0 aromatic heterocycles. The van der Waals surface area contributed by atoms with Crippen molar-refractivity contribution in [3.05, 3.63) is 59.7 Å². The number of nitrogens with zero attached hydrogens (tertiary/aromatic N) is 1. The second-order valence-corrected chi connectivity index (χ2v) is 7.18. The van der Waals surface area contributed by atoms with Crippen LogP contribution in [0.15, 0.2) is 48.5 Å². The predicted octanol–water partition coefficient (Wildman–Crippen LogP) is 3.25. The molecule has 1 fully saturated rings. The number of hydrogen-bond acceptors (Lipinski definition) is 4. The van der Waals surface area contributed by atoms with Crippen LogP contribution in [-0.2, 0) is 16.8 Å². The van der Waals surface area contributed by atoms with Gasteiger partial charge in [0.15, 0.2) is 0 Å². The summed E-state index contributed by atoms with van der Waals surface area (Å²) in [6.07, 6.45) is 3.05. The number of urea groups is 1. The highest BCUT2D eigenvalue weighted by Gasteiger charge is 2.53. The van der Waals surface area contributed by atoms with E-state index in [9.17, 15) is 9.59 Å². The topological polar surface area (TPSA) is 67.9 Å². The monoisotopic (exact) mass is 380 g/mol. The van der Waals surface area contributed by atoms with E-state index >= 15 is 0 Å². The minimum Gasteiger partial charge on any atom is -0.497 e. The van der Waals surface area contributed by atoms with E-state index in [-0.39, 0.29) is 11.9 Å². The van der Waals surface area contributed by atoms with Gasteiger partial charge in [0.1, 0.15) is 17.0 Å². The molecule has 1 spiro atoms. The summed E-state index contributed by atoms with van der Waals surface area (Å²) in [5.74, 6) is 1.36. The smallest absolute Gasteiger partial charge is 0.325 e. The number of nitrogens with one attached hydrogen (secondary N) is 1. The Bertz CT molecular complexity index is 880. The van der Waals surface area contributed by atoms with Gasteiger partial charge < -0.3 is 14.8 Å². The van der Waals surface area contributed by atoms with Crippen LogP contribution < -0.4 is 14.8 Å². The minimum absolute atomic E-state index is 0.144. The molecule has 6 nitrogen and oxygen atoms in total. The predicted molar refractivity (Wildman–Crippen MR) is 104 cm³/mol. The maximum absolute atomic E-state index is 13.2. The summed E-state index contributed by atoms with van der Waals surface area (Å²) in [4.78, 5) is 27.1. The Morgan fingerprint density at radius 3 is 2.61 bits per heavy atom. The van der Waals surface area contributed by atoms with E-state index in [1.165, 1.54) is 4.90 Å². The van der Waals surface area contributed by atoms with E-state index in [4.69, 9.17) is 9.47 Å². The van der Waals surface area contributed by atoms with Crippen LogP contribution in [0.25, 0.3) is 0 Å². The van der Waals surface area contributed by atoms with Crippen LogP contribution in [0.2, 0.25) is 0 Å². The van der Waals surface area contributed by atoms with E-state index in [2.05, 4.69) is 5.32 Å². The number of amides is 3. The number of carbonyl (C=O) groups excluding carboxylic acids is 2. The van der Waals surface area contributed by atoms with Gasteiger partial charge in [0, 0.05) is 6.54 Å². The molecule has 0 bridgehead atoms. The number of methoxy groups -OCH3 is 1. The summed E-state index contributed by atoms with van der Waals surface area (Å²) >= 11 is 0. The zero-order valence-corrected chi connectivity index (χ0v) is 15.9. The van der Waals surface area contributed by atoms with Crippen molar-refractivity contribution in [1.29, 1.82) is 0 Å². The summed E-state index contributed by atoms with van der Waals surface area (Å²) in [6, 6.07) is 14.9. The molecule has 0 radical (unpaired) electrons. The van der Waals surface area contributed by atoms with Crippen LogP contribution in [0, 0.1) is 0 Å². The van der Waals surface area contributed by atoms with Crippen molar-refractivity contribution >= 4 is 11.9 Å². The molecule has 1 N–H and O–H groups in total. The normalized spacial score (nSPS) is 20.8. The first-order chi connectivity index (χ1) is 13.6. The van der Waals surface area contributed by atoms with E-state index in [0.29, 0.717) is 26.0 Å². The van der Waals surface area contributed by atoms with Gasteiger partial charge in [-0.2, -0.15) is 0 Å². The molecule has 1 heterocycles. The van der Waals surface area contributed by atoms with Gasteiger partial charge in [0.05, 0.1) is 13.7 Å². The van der Waals surface area contributed by atoms with E-state index in [0.717, 1.165) is 35.5 Å². The molecule has 1 aliphatic carbocycles. The molecule has 2 aromatic rings. The van der Waals surface area contributed by atoms with Crippen LogP contribution in [0.5, 0.6) is 11.5 Å². The number of rotatable bonds is 6. The van der Waals surface area contributed by atoms with Crippen LogP contribution in [0.3, 0.4) is 0 Å². The van der Waals surface area contributed by atoms with Crippen molar-refractivity contribution in [3.63, 3.8) is 0 Å². The SMILES string of the molecule is COc1ccc(OCCCN2C(=O)N[C@@]3(CCCc4ccccc43)C2=O)cc1. The van der Waals surface area contributed by atoms with Crippen LogP contribution in [0.1, 0.15) is 30.4 Å². The Morgan fingerprint density at radius 2 is 1.82 bits per heavy atom. The zero-order chi connectivity index (χ0) is 19.6. The first-order valence-corrected chi connectivity index (χ1v) is 9.63. The van der Waals surface area contributed by atoms with Crippen LogP contribution in [0.4, 0.5) is 4.79 Å². The average molecular weight is 380 g/mol. The van der Waals surface area contributed by atoms with Crippen molar-refractivity contribution in [1.82, 2.24) is 10.2 Å². The molecule has 1 saturated heterocycles. The van der Waals surface area contributed by atoms with Gasteiger partial charge in [-0.05, 0) is 61.1 Å². The van der Waals surface area contributed by atoms with Gasteiger partial charge in [-0.25, -0.2) is 4.79 Å². The second-order valence-electron chi connectivity index (χ2n) is 7.18. The van der Waals surface area contributed by atoms with E-state index in [1.54, 1.807) is 7.11 Å². The minimum atomic E-state index is -0.900.